The third-order valence-electron chi connectivity index (χ3n) is 3.17. The van der Waals surface area contributed by atoms with Crippen molar-refractivity contribution in [1.82, 2.24) is 4.72 Å². The van der Waals surface area contributed by atoms with Crippen molar-refractivity contribution in [3.63, 3.8) is 0 Å². The molecule has 0 unspecified atom stereocenters. The van der Waals surface area contributed by atoms with Crippen LogP contribution in [0.25, 0.3) is 0 Å². The van der Waals surface area contributed by atoms with Crippen LogP contribution in [-0.2, 0) is 22.3 Å². The van der Waals surface area contributed by atoms with Gasteiger partial charge in [-0.05, 0) is 32.8 Å². The zero-order chi connectivity index (χ0) is 15.7. The summed E-state index contributed by atoms with van der Waals surface area (Å²) in [7, 11) is -1.05. The fourth-order valence-electron chi connectivity index (χ4n) is 1.85. The second-order valence-electron chi connectivity index (χ2n) is 6.34. The van der Waals surface area contributed by atoms with Crippen LogP contribution < -0.4 is 4.72 Å². The maximum Gasteiger partial charge on any atom is 0.0973 e. The Morgan fingerprint density at radius 1 is 1.24 bits per heavy atom. The molecule has 0 saturated heterocycles. The van der Waals surface area contributed by atoms with Gasteiger partial charge in [0.15, 0.2) is 0 Å². The lowest BCUT2D eigenvalue weighted by atomic mass is 10.1. The second-order valence-corrected chi connectivity index (χ2v) is 8.34. The topological polar surface area (TPSA) is 38.3 Å². The molecule has 1 N–H and O–H groups in total. The predicted molar refractivity (Wildman–Crippen MR) is 90.4 cm³/mol. The van der Waals surface area contributed by atoms with E-state index in [1.807, 2.05) is 39.0 Å². The number of nitrogens with one attached hydrogen (secondary N) is 1. The van der Waals surface area contributed by atoms with Crippen LogP contribution >= 0.6 is 0 Å². The number of hydrogen-bond donors (Lipinski definition) is 1. The number of unbranched alkanes of at least 4 members (excludes halogenated alkanes) is 1. The first kappa shape index (κ1) is 18.3. The summed E-state index contributed by atoms with van der Waals surface area (Å²) in [5.74, 6) is 0. The first-order valence-corrected chi connectivity index (χ1v) is 8.88. The third kappa shape index (κ3) is 7.74. The van der Waals surface area contributed by atoms with Gasteiger partial charge in [-0.3, -0.25) is 0 Å². The summed E-state index contributed by atoms with van der Waals surface area (Å²) < 4.78 is 21.0. The molecule has 0 radical (unpaired) electrons. The molecule has 4 heteroatoms. The fourth-order valence-corrected chi connectivity index (χ4v) is 2.69. The lowest BCUT2D eigenvalue weighted by Crippen LogP contribution is -2.42. The van der Waals surface area contributed by atoms with Crippen molar-refractivity contribution in [2.75, 3.05) is 6.61 Å². The summed E-state index contributed by atoms with van der Waals surface area (Å²) in [6.45, 7) is 9.32. The minimum Gasteiger partial charge on any atom is -0.375 e. The van der Waals surface area contributed by atoms with Crippen LogP contribution in [0.5, 0.6) is 0 Å². The van der Waals surface area contributed by atoms with Gasteiger partial charge in [0.1, 0.15) is 0 Å². The van der Waals surface area contributed by atoms with E-state index in [-0.39, 0.29) is 10.8 Å². The highest BCUT2D eigenvalue weighted by Crippen LogP contribution is 2.12. The summed E-state index contributed by atoms with van der Waals surface area (Å²) >= 11 is 0. The molecule has 21 heavy (non-hydrogen) atoms. The van der Waals surface area contributed by atoms with Crippen LogP contribution in [0.1, 0.15) is 52.5 Å². The van der Waals surface area contributed by atoms with Gasteiger partial charge >= 0.3 is 0 Å². The van der Waals surface area contributed by atoms with Crippen molar-refractivity contribution in [2.45, 2.75) is 64.4 Å². The highest BCUT2D eigenvalue weighted by molar-refractivity contribution is 7.84. The molecule has 1 aromatic carbocycles. The van der Waals surface area contributed by atoms with Crippen molar-refractivity contribution in [3.8, 4) is 0 Å². The Balaban J connectivity index is 2.44. The quantitative estimate of drug-likeness (QED) is 0.753. The Labute approximate surface area is 132 Å². The van der Waals surface area contributed by atoms with Gasteiger partial charge in [-0.2, -0.15) is 0 Å². The molecule has 0 saturated carbocycles. The molecule has 0 bridgehead atoms. The molecule has 0 aliphatic rings. The van der Waals surface area contributed by atoms with E-state index in [1.165, 1.54) is 5.56 Å². The van der Waals surface area contributed by atoms with E-state index in [0.29, 0.717) is 13.2 Å². The van der Waals surface area contributed by atoms with Crippen molar-refractivity contribution >= 4 is 11.0 Å². The molecular weight excluding hydrogens is 282 g/mol. The van der Waals surface area contributed by atoms with Gasteiger partial charge < -0.3 is 4.74 Å². The summed E-state index contributed by atoms with van der Waals surface area (Å²) in [5.41, 5.74) is 1.17. The van der Waals surface area contributed by atoms with E-state index in [4.69, 9.17) is 4.74 Å². The Morgan fingerprint density at radius 2 is 1.90 bits per heavy atom. The van der Waals surface area contributed by atoms with Crippen LogP contribution in [0.2, 0.25) is 0 Å². The molecule has 1 aromatic rings. The first-order chi connectivity index (χ1) is 9.93. The van der Waals surface area contributed by atoms with Crippen LogP contribution in [0.15, 0.2) is 30.3 Å². The summed E-state index contributed by atoms with van der Waals surface area (Å²) in [6.07, 6.45) is 3.25. The minimum atomic E-state index is -1.05. The molecule has 0 aliphatic carbocycles. The molecule has 0 fully saturated rings. The Morgan fingerprint density at radius 3 is 2.48 bits per heavy atom. The number of benzene rings is 1. The summed E-state index contributed by atoms with van der Waals surface area (Å²) in [4.78, 5) is 0. The van der Waals surface area contributed by atoms with Crippen molar-refractivity contribution in [2.24, 2.45) is 0 Å². The zero-order valence-corrected chi connectivity index (χ0v) is 14.5. The van der Waals surface area contributed by atoms with E-state index in [9.17, 15) is 4.21 Å². The Kier molecular flexibility index (Phi) is 8.15. The fraction of sp³-hybridized carbons (Fsp3) is 0.647. The Hall–Kier alpha value is -0.710. The van der Waals surface area contributed by atoms with Crippen LogP contribution in [0, 0.1) is 0 Å². The van der Waals surface area contributed by atoms with E-state index < -0.39 is 11.0 Å². The van der Waals surface area contributed by atoms with Gasteiger partial charge in [-0.1, -0.05) is 50.1 Å². The predicted octanol–water partition coefficient (Wildman–Crippen LogP) is 3.81. The SMILES string of the molecule is CCCC[C@H](COCc1ccccc1)N[S@](=O)C(C)(C)C. The first-order valence-electron chi connectivity index (χ1n) is 7.73. The van der Waals surface area contributed by atoms with Crippen LogP contribution in [-0.4, -0.2) is 21.6 Å². The second kappa shape index (κ2) is 9.34. The molecule has 3 nitrogen and oxygen atoms in total. The average molecular weight is 311 g/mol. The van der Waals surface area contributed by atoms with Crippen molar-refractivity contribution in [3.05, 3.63) is 35.9 Å². The number of rotatable bonds is 9. The van der Waals surface area contributed by atoms with Crippen LogP contribution in [0.4, 0.5) is 0 Å². The molecule has 0 heterocycles. The lowest BCUT2D eigenvalue weighted by molar-refractivity contribution is 0.102. The lowest BCUT2D eigenvalue weighted by Gasteiger charge is -2.24. The van der Waals surface area contributed by atoms with Gasteiger partial charge in [-0.25, -0.2) is 8.93 Å². The Bertz CT molecular complexity index is 415. The maximum atomic E-state index is 12.2. The van der Waals surface area contributed by atoms with Gasteiger partial charge in [0, 0.05) is 6.04 Å². The summed E-state index contributed by atoms with van der Waals surface area (Å²) in [6, 6.07) is 10.3. The van der Waals surface area contributed by atoms with Gasteiger partial charge in [0.05, 0.1) is 28.9 Å². The normalized spacial score (nSPS) is 14.9. The standard InChI is InChI=1S/C17H29NO2S/c1-5-6-12-16(18-21(19)17(2,3)4)14-20-13-15-10-8-7-9-11-15/h7-11,16,18H,5-6,12-14H2,1-4H3/t16-,21-/m1/s1. The number of ether oxygens (including phenoxy) is 1. The third-order valence-corrected chi connectivity index (χ3v) is 4.83. The monoisotopic (exact) mass is 311 g/mol. The van der Waals surface area contributed by atoms with E-state index >= 15 is 0 Å². The molecule has 0 amide bonds. The van der Waals surface area contributed by atoms with Crippen molar-refractivity contribution < 1.29 is 8.95 Å². The molecule has 120 valence electrons. The van der Waals surface area contributed by atoms with Crippen molar-refractivity contribution in [1.29, 1.82) is 0 Å². The van der Waals surface area contributed by atoms with E-state index in [0.717, 1.165) is 19.3 Å². The highest BCUT2D eigenvalue weighted by Gasteiger charge is 2.22. The maximum absolute atomic E-state index is 12.2. The van der Waals surface area contributed by atoms with Gasteiger partial charge in [-0.15, -0.1) is 0 Å². The molecule has 0 aromatic heterocycles. The van der Waals surface area contributed by atoms with E-state index in [2.05, 4.69) is 23.8 Å². The highest BCUT2D eigenvalue weighted by atomic mass is 32.2. The zero-order valence-electron chi connectivity index (χ0n) is 13.7. The minimum absolute atomic E-state index is 0.147. The molecule has 1 rings (SSSR count). The molecule has 2 atom stereocenters. The van der Waals surface area contributed by atoms with Crippen LogP contribution in [0.3, 0.4) is 0 Å². The largest absolute Gasteiger partial charge is 0.375 e. The number of hydrogen-bond acceptors (Lipinski definition) is 2. The van der Waals surface area contributed by atoms with E-state index in [1.54, 1.807) is 0 Å². The van der Waals surface area contributed by atoms with Gasteiger partial charge in [0.25, 0.3) is 0 Å². The summed E-state index contributed by atoms with van der Waals surface area (Å²) in [5, 5.41) is 0. The van der Waals surface area contributed by atoms with Gasteiger partial charge in [0.2, 0.25) is 0 Å². The molecule has 0 aliphatic heterocycles. The molecule has 0 spiro atoms. The molecular formula is C17H29NO2S. The average Bonchev–Trinajstić information content (AvgIpc) is 2.44. The smallest absolute Gasteiger partial charge is 0.0973 e.